The summed E-state index contributed by atoms with van der Waals surface area (Å²) in [4.78, 5) is 13.8. The van der Waals surface area contributed by atoms with Gasteiger partial charge in [0, 0.05) is 24.0 Å². The third-order valence-electron chi connectivity index (χ3n) is 2.76. The molecule has 6 heteroatoms. The molecule has 1 amide bonds. The number of nitrogens with zero attached hydrogens (tertiary/aromatic N) is 3. The Bertz CT molecular complexity index is 340. The number of hydrogen-bond donors (Lipinski definition) is 1. The third-order valence-corrected chi connectivity index (χ3v) is 3.26. The molecule has 0 radical (unpaired) electrons. The van der Waals surface area contributed by atoms with Crippen LogP contribution in [0.3, 0.4) is 0 Å². The van der Waals surface area contributed by atoms with Crippen LogP contribution in [0.5, 0.6) is 0 Å². The van der Waals surface area contributed by atoms with Crippen LogP contribution < -0.4 is 5.73 Å². The van der Waals surface area contributed by atoms with Crippen molar-refractivity contribution >= 4 is 17.4 Å². The normalized spacial score (nSPS) is 26.7. The second-order valence-corrected chi connectivity index (χ2v) is 4.53. The smallest absolute Gasteiger partial charge is 0.275 e. The van der Waals surface area contributed by atoms with Crippen LogP contribution in [0.2, 0.25) is 0 Å². The van der Waals surface area contributed by atoms with E-state index < -0.39 is 0 Å². The van der Waals surface area contributed by atoms with Crippen LogP contribution in [-0.4, -0.2) is 39.0 Å². The number of carbonyl (C=O) groups is 1. The summed E-state index contributed by atoms with van der Waals surface area (Å²) in [6, 6.07) is 0.417. The van der Waals surface area contributed by atoms with E-state index in [4.69, 9.17) is 5.73 Å². The fraction of sp³-hybridized carbons (Fsp3) is 0.667. The van der Waals surface area contributed by atoms with Gasteiger partial charge in [0.15, 0.2) is 5.69 Å². The molecular formula is C9H14N4OS. The van der Waals surface area contributed by atoms with Gasteiger partial charge < -0.3 is 10.6 Å². The number of hydrogen-bond acceptors (Lipinski definition) is 5. The summed E-state index contributed by atoms with van der Waals surface area (Å²) >= 11 is 1.20. The molecule has 1 aromatic rings. The van der Waals surface area contributed by atoms with Crippen molar-refractivity contribution in [3.8, 4) is 0 Å². The summed E-state index contributed by atoms with van der Waals surface area (Å²) in [6.45, 7) is 2.75. The Morgan fingerprint density at radius 2 is 2.53 bits per heavy atom. The molecule has 1 fully saturated rings. The van der Waals surface area contributed by atoms with Crippen molar-refractivity contribution in [1.29, 1.82) is 0 Å². The first-order valence-corrected chi connectivity index (χ1v) is 5.85. The minimum absolute atomic E-state index is 0.0249. The standard InChI is InChI=1S/C9H14N4OS/c1-6-4-7(10)2-3-13(6)9(14)8-5-15-12-11-8/h5-7H,2-4,10H2,1H3. The average Bonchev–Trinajstić information content (AvgIpc) is 2.69. The van der Waals surface area contributed by atoms with E-state index in [9.17, 15) is 4.79 Å². The molecular weight excluding hydrogens is 212 g/mol. The molecule has 0 spiro atoms. The van der Waals surface area contributed by atoms with E-state index in [0.29, 0.717) is 5.69 Å². The highest BCUT2D eigenvalue weighted by molar-refractivity contribution is 7.03. The van der Waals surface area contributed by atoms with Crippen LogP contribution in [0.1, 0.15) is 30.3 Å². The Morgan fingerprint density at radius 1 is 1.73 bits per heavy atom. The van der Waals surface area contributed by atoms with Gasteiger partial charge in [-0.25, -0.2) is 0 Å². The molecule has 1 aliphatic heterocycles. The lowest BCUT2D eigenvalue weighted by atomic mass is 9.99. The molecule has 82 valence electrons. The summed E-state index contributed by atoms with van der Waals surface area (Å²) in [7, 11) is 0. The van der Waals surface area contributed by atoms with Crippen molar-refractivity contribution in [3.05, 3.63) is 11.1 Å². The lowest BCUT2D eigenvalue weighted by Gasteiger charge is -2.35. The molecule has 0 aromatic carbocycles. The van der Waals surface area contributed by atoms with Crippen molar-refractivity contribution < 1.29 is 4.79 Å². The van der Waals surface area contributed by atoms with Crippen LogP contribution in [-0.2, 0) is 0 Å². The monoisotopic (exact) mass is 226 g/mol. The topological polar surface area (TPSA) is 72.1 Å². The Balaban J connectivity index is 2.08. The number of piperidine rings is 1. The van der Waals surface area contributed by atoms with Gasteiger partial charge in [0.25, 0.3) is 5.91 Å². The molecule has 2 unspecified atom stereocenters. The van der Waals surface area contributed by atoms with Gasteiger partial charge >= 0.3 is 0 Å². The Morgan fingerprint density at radius 3 is 3.13 bits per heavy atom. The summed E-state index contributed by atoms with van der Waals surface area (Å²) < 4.78 is 3.70. The number of aromatic nitrogens is 2. The maximum Gasteiger partial charge on any atom is 0.275 e. The molecule has 2 rings (SSSR count). The summed E-state index contributed by atoms with van der Waals surface area (Å²) in [5.74, 6) is -0.0249. The molecule has 0 aliphatic carbocycles. The average molecular weight is 226 g/mol. The molecule has 1 aromatic heterocycles. The van der Waals surface area contributed by atoms with Gasteiger partial charge in [-0.3, -0.25) is 4.79 Å². The summed E-state index contributed by atoms with van der Waals surface area (Å²) in [5, 5.41) is 5.48. The van der Waals surface area contributed by atoms with Gasteiger partial charge in [0.05, 0.1) is 0 Å². The lowest BCUT2D eigenvalue weighted by molar-refractivity contribution is 0.0613. The van der Waals surface area contributed by atoms with Crippen LogP contribution in [0.15, 0.2) is 5.38 Å². The van der Waals surface area contributed by atoms with E-state index in [1.807, 2.05) is 11.8 Å². The maximum absolute atomic E-state index is 12.0. The van der Waals surface area contributed by atoms with E-state index in [2.05, 4.69) is 9.59 Å². The zero-order valence-corrected chi connectivity index (χ0v) is 9.41. The fourth-order valence-electron chi connectivity index (χ4n) is 1.92. The quantitative estimate of drug-likeness (QED) is 0.756. The first-order chi connectivity index (χ1) is 7.18. The van der Waals surface area contributed by atoms with Gasteiger partial charge in [-0.1, -0.05) is 4.49 Å². The van der Waals surface area contributed by atoms with Gasteiger partial charge in [-0.2, -0.15) is 0 Å². The largest absolute Gasteiger partial charge is 0.334 e. The first-order valence-electron chi connectivity index (χ1n) is 5.02. The Hall–Kier alpha value is -1.01. The van der Waals surface area contributed by atoms with Crippen molar-refractivity contribution in [2.24, 2.45) is 5.73 Å². The highest BCUT2D eigenvalue weighted by Gasteiger charge is 2.28. The van der Waals surface area contributed by atoms with Crippen molar-refractivity contribution in [1.82, 2.24) is 14.5 Å². The second kappa shape index (κ2) is 4.24. The van der Waals surface area contributed by atoms with Crippen LogP contribution >= 0.6 is 11.5 Å². The minimum Gasteiger partial charge on any atom is -0.334 e. The van der Waals surface area contributed by atoms with Crippen LogP contribution in [0, 0.1) is 0 Å². The molecule has 2 N–H and O–H groups in total. The predicted molar refractivity (Wildman–Crippen MR) is 57.6 cm³/mol. The Kier molecular flexibility index (Phi) is 2.97. The predicted octanol–water partition coefficient (Wildman–Crippen LogP) is 0.490. The SMILES string of the molecule is CC1CC(N)CCN1C(=O)c1csnn1. The van der Waals surface area contributed by atoms with Gasteiger partial charge in [0.2, 0.25) is 0 Å². The van der Waals surface area contributed by atoms with Gasteiger partial charge in [-0.15, -0.1) is 5.10 Å². The molecule has 15 heavy (non-hydrogen) atoms. The maximum atomic E-state index is 12.0. The van der Waals surface area contributed by atoms with Gasteiger partial charge in [-0.05, 0) is 31.3 Å². The molecule has 2 atom stereocenters. The van der Waals surface area contributed by atoms with E-state index in [0.717, 1.165) is 19.4 Å². The van der Waals surface area contributed by atoms with Crippen molar-refractivity contribution in [2.45, 2.75) is 31.8 Å². The fourth-order valence-corrected chi connectivity index (χ4v) is 2.35. The number of amides is 1. The third kappa shape index (κ3) is 2.15. The molecule has 1 aliphatic rings. The molecule has 5 nitrogen and oxygen atoms in total. The molecule has 0 saturated carbocycles. The van der Waals surface area contributed by atoms with Crippen LogP contribution in [0.25, 0.3) is 0 Å². The first kappa shape index (κ1) is 10.5. The number of rotatable bonds is 1. The van der Waals surface area contributed by atoms with E-state index in [1.54, 1.807) is 5.38 Å². The second-order valence-electron chi connectivity index (χ2n) is 3.92. The zero-order valence-electron chi connectivity index (χ0n) is 8.59. The van der Waals surface area contributed by atoms with E-state index in [-0.39, 0.29) is 18.0 Å². The van der Waals surface area contributed by atoms with E-state index >= 15 is 0 Å². The van der Waals surface area contributed by atoms with Crippen molar-refractivity contribution in [2.75, 3.05) is 6.54 Å². The Labute approximate surface area is 92.4 Å². The highest BCUT2D eigenvalue weighted by atomic mass is 32.1. The van der Waals surface area contributed by atoms with E-state index in [1.165, 1.54) is 11.5 Å². The lowest BCUT2D eigenvalue weighted by Crippen LogP contribution is -2.48. The van der Waals surface area contributed by atoms with Gasteiger partial charge in [0.1, 0.15) is 0 Å². The molecule has 2 heterocycles. The number of likely N-dealkylation sites (tertiary alicyclic amines) is 1. The van der Waals surface area contributed by atoms with Crippen molar-refractivity contribution in [3.63, 3.8) is 0 Å². The highest BCUT2D eigenvalue weighted by Crippen LogP contribution is 2.18. The number of nitrogens with two attached hydrogens (primary N) is 1. The molecule has 1 saturated heterocycles. The van der Waals surface area contributed by atoms with Crippen LogP contribution in [0.4, 0.5) is 0 Å². The summed E-state index contributed by atoms with van der Waals surface area (Å²) in [5.41, 5.74) is 6.29. The number of carbonyl (C=O) groups excluding carboxylic acids is 1. The molecule has 0 bridgehead atoms. The minimum atomic E-state index is -0.0249. The zero-order chi connectivity index (χ0) is 10.8. The summed E-state index contributed by atoms with van der Waals surface area (Å²) in [6.07, 6.45) is 1.73.